The van der Waals surface area contributed by atoms with Gasteiger partial charge in [0.2, 0.25) is 0 Å². The Morgan fingerprint density at radius 3 is 2.72 bits per heavy atom. The maximum Gasteiger partial charge on any atom is 0.387 e. The molecule has 0 fully saturated rings. The van der Waals surface area contributed by atoms with Gasteiger partial charge < -0.3 is 9.64 Å². The first-order valence-electron chi connectivity index (χ1n) is 10.2. The molecule has 1 amide bonds. The van der Waals surface area contributed by atoms with Gasteiger partial charge in [0.1, 0.15) is 12.1 Å². The second kappa shape index (κ2) is 6.81. The summed E-state index contributed by atoms with van der Waals surface area (Å²) in [6.45, 7) is -2.98. The van der Waals surface area contributed by atoms with Crippen molar-refractivity contribution in [1.82, 2.24) is 24.5 Å². The van der Waals surface area contributed by atoms with Crippen LogP contribution in [0.3, 0.4) is 0 Å². The van der Waals surface area contributed by atoms with Crippen molar-refractivity contribution < 1.29 is 18.3 Å². The van der Waals surface area contributed by atoms with E-state index in [4.69, 9.17) is 9.84 Å². The van der Waals surface area contributed by atoms with E-state index in [1.807, 2.05) is 18.3 Å². The number of alkyl halides is 2. The lowest BCUT2D eigenvalue weighted by Gasteiger charge is -2.23. The predicted molar refractivity (Wildman–Crippen MR) is 111 cm³/mol. The van der Waals surface area contributed by atoms with E-state index >= 15 is 0 Å². The molecule has 6 rings (SSSR count). The molecule has 2 aliphatic rings. The number of pyridine rings is 1. The monoisotopic (exact) mass is 433 g/mol. The molecule has 0 spiro atoms. The van der Waals surface area contributed by atoms with Gasteiger partial charge in [-0.25, -0.2) is 14.5 Å². The molecule has 3 aromatic heterocycles. The fraction of sp³-hybridized carbons (Fsp3) is 0.217. The van der Waals surface area contributed by atoms with Crippen LogP contribution in [0, 0.1) is 0 Å². The molecule has 2 atom stereocenters. The van der Waals surface area contributed by atoms with Crippen molar-refractivity contribution in [3.8, 4) is 16.9 Å². The molecular formula is C23H17F2N5O2. The number of carbonyl (C=O) groups excluding carboxylic acids is 1. The first-order valence-corrected chi connectivity index (χ1v) is 10.2. The molecule has 4 heterocycles. The third-order valence-electron chi connectivity index (χ3n) is 6.37. The van der Waals surface area contributed by atoms with Crippen molar-refractivity contribution in [3.05, 3.63) is 77.6 Å². The van der Waals surface area contributed by atoms with E-state index in [1.54, 1.807) is 41.0 Å². The second-order valence-electron chi connectivity index (χ2n) is 7.99. The molecule has 160 valence electrons. The molecule has 0 radical (unpaired) electrons. The van der Waals surface area contributed by atoms with Gasteiger partial charge >= 0.3 is 6.61 Å². The maximum absolute atomic E-state index is 13.2. The van der Waals surface area contributed by atoms with Crippen LogP contribution in [0.2, 0.25) is 0 Å². The highest BCUT2D eigenvalue weighted by Gasteiger charge is 2.46. The van der Waals surface area contributed by atoms with Crippen LogP contribution in [0.4, 0.5) is 8.78 Å². The molecule has 7 nitrogen and oxygen atoms in total. The molecule has 0 saturated carbocycles. The molecule has 32 heavy (non-hydrogen) atoms. The van der Waals surface area contributed by atoms with Crippen molar-refractivity contribution in [2.24, 2.45) is 0 Å². The number of hydrogen-bond acceptors (Lipinski definition) is 5. The number of fused-ring (bicyclic) bond motifs is 9. The highest BCUT2D eigenvalue weighted by molar-refractivity contribution is 5.98. The van der Waals surface area contributed by atoms with E-state index in [0.29, 0.717) is 17.5 Å². The summed E-state index contributed by atoms with van der Waals surface area (Å²) < 4.78 is 33.0. The Bertz CT molecular complexity index is 1370. The normalized spacial score (nSPS) is 19.2. The molecule has 0 N–H and O–H groups in total. The van der Waals surface area contributed by atoms with Crippen LogP contribution in [-0.2, 0) is 0 Å². The van der Waals surface area contributed by atoms with E-state index in [2.05, 4.69) is 9.97 Å². The zero-order chi connectivity index (χ0) is 22.0. The lowest BCUT2D eigenvalue weighted by molar-refractivity contribution is -0.0505. The minimum Gasteiger partial charge on any atom is -0.434 e. The van der Waals surface area contributed by atoms with Crippen LogP contribution in [0.15, 0.2) is 55.2 Å². The molecular weight excluding hydrogens is 416 g/mol. The highest BCUT2D eigenvalue weighted by atomic mass is 19.3. The Morgan fingerprint density at radius 2 is 1.94 bits per heavy atom. The smallest absolute Gasteiger partial charge is 0.387 e. The van der Waals surface area contributed by atoms with Crippen molar-refractivity contribution in [2.45, 2.75) is 25.0 Å². The standard InChI is InChI=1S/C23H17F2N5O2/c1-29-17-8-15(19-14(22(29)31)3-2-4-18(19)32-23(24)25)20-16-7-12(13-9-26-11-27-10-13)5-6-30(16)28-21(17)20/h2-7,9-11,15,17,23H,8H2,1H3. The summed E-state index contributed by atoms with van der Waals surface area (Å²) in [4.78, 5) is 23.0. The van der Waals surface area contributed by atoms with Gasteiger partial charge in [0.25, 0.3) is 5.91 Å². The molecule has 4 aromatic rings. The summed E-state index contributed by atoms with van der Waals surface area (Å²) >= 11 is 0. The summed E-state index contributed by atoms with van der Waals surface area (Å²) in [6, 6.07) is 8.41. The highest BCUT2D eigenvalue weighted by Crippen LogP contribution is 2.53. The second-order valence-corrected chi connectivity index (χ2v) is 7.99. The number of nitrogens with zero attached hydrogens (tertiary/aromatic N) is 5. The SMILES string of the molecule is CN1C(=O)c2cccc(OC(F)F)c2C2CC1c1nn3ccc(-c4cncnc4)cc3c12. The minimum absolute atomic E-state index is 0.0321. The average Bonchev–Trinajstić information content (AvgIpc) is 3.32. The van der Waals surface area contributed by atoms with Crippen LogP contribution in [0.1, 0.15) is 45.6 Å². The fourth-order valence-electron chi connectivity index (χ4n) is 4.99. The molecule has 2 bridgehead atoms. The minimum atomic E-state index is -2.98. The van der Waals surface area contributed by atoms with Crippen LogP contribution in [0.25, 0.3) is 16.6 Å². The van der Waals surface area contributed by atoms with Gasteiger partial charge in [-0.2, -0.15) is 13.9 Å². The Morgan fingerprint density at radius 1 is 1.12 bits per heavy atom. The summed E-state index contributed by atoms with van der Waals surface area (Å²) in [5.41, 5.74) is 5.23. The summed E-state index contributed by atoms with van der Waals surface area (Å²) in [5, 5.41) is 4.76. The number of carbonyl (C=O) groups is 1. The number of hydrogen-bond donors (Lipinski definition) is 0. The van der Waals surface area contributed by atoms with E-state index in [1.165, 1.54) is 12.4 Å². The van der Waals surface area contributed by atoms with Crippen LogP contribution < -0.4 is 4.74 Å². The van der Waals surface area contributed by atoms with Gasteiger partial charge in [0.15, 0.2) is 0 Å². The Kier molecular flexibility index (Phi) is 4.01. The van der Waals surface area contributed by atoms with E-state index in [0.717, 1.165) is 27.9 Å². The number of amides is 1. The van der Waals surface area contributed by atoms with Gasteiger partial charge in [-0.1, -0.05) is 6.07 Å². The van der Waals surface area contributed by atoms with Crippen LogP contribution in [0.5, 0.6) is 5.75 Å². The molecule has 0 saturated heterocycles. The van der Waals surface area contributed by atoms with E-state index in [-0.39, 0.29) is 23.6 Å². The molecule has 1 aliphatic heterocycles. The van der Waals surface area contributed by atoms with Crippen molar-refractivity contribution >= 4 is 11.4 Å². The first-order chi connectivity index (χ1) is 15.5. The number of aromatic nitrogens is 4. The van der Waals surface area contributed by atoms with Crippen LogP contribution >= 0.6 is 0 Å². The topological polar surface area (TPSA) is 72.6 Å². The first kappa shape index (κ1) is 18.9. The molecule has 2 unspecified atom stereocenters. The van der Waals surface area contributed by atoms with Gasteiger partial charge in [-0.15, -0.1) is 0 Å². The Balaban J connectivity index is 1.60. The quantitative estimate of drug-likeness (QED) is 0.487. The molecule has 1 aromatic carbocycles. The third kappa shape index (κ3) is 2.63. The summed E-state index contributed by atoms with van der Waals surface area (Å²) in [6.07, 6.45) is 7.35. The number of ether oxygens (including phenoxy) is 1. The largest absolute Gasteiger partial charge is 0.434 e. The maximum atomic E-state index is 13.2. The van der Waals surface area contributed by atoms with Gasteiger partial charge in [-0.05, 0) is 36.2 Å². The fourth-order valence-corrected chi connectivity index (χ4v) is 4.99. The predicted octanol–water partition coefficient (Wildman–Crippen LogP) is 4.06. The Hall–Kier alpha value is -3.88. The summed E-state index contributed by atoms with van der Waals surface area (Å²) in [5.74, 6) is -0.490. The van der Waals surface area contributed by atoms with Crippen LogP contribution in [-0.4, -0.2) is 44.0 Å². The van der Waals surface area contributed by atoms with Gasteiger partial charge in [0, 0.05) is 53.8 Å². The molecule has 9 heteroatoms. The number of benzene rings is 1. The zero-order valence-corrected chi connectivity index (χ0v) is 16.9. The van der Waals surface area contributed by atoms with E-state index < -0.39 is 6.61 Å². The van der Waals surface area contributed by atoms with Crippen molar-refractivity contribution in [3.63, 3.8) is 0 Å². The van der Waals surface area contributed by atoms with E-state index in [9.17, 15) is 13.6 Å². The van der Waals surface area contributed by atoms with Gasteiger partial charge in [-0.3, -0.25) is 4.79 Å². The average molecular weight is 433 g/mol. The third-order valence-corrected chi connectivity index (χ3v) is 6.37. The van der Waals surface area contributed by atoms with Gasteiger partial charge in [0.05, 0.1) is 17.3 Å². The van der Waals surface area contributed by atoms with Crippen molar-refractivity contribution in [2.75, 3.05) is 7.05 Å². The lowest BCUT2D eigenvalue weighted by atomic mass is 9.88. The summed E-state index contributed by atoms with van der Waals surface area (Å²) in [7, 11) is 1.73. The zero-order valence-electron chi connectivity index (χ0n) is 16.9. The number of rotatable bonds is 3. The Labute approximate surface area is 181 Å². The van der Waals surface area contributed by atoms with Crippen molar-refractivity contribution in [1.29, 1.82) is 0 Å². The number of halogens is 2. The molecule has 1 aliphatic carbocycles. The lowest BCUT2D eigenvalue weighted by Crippen LogP contribution is -2.30.